The third-order valence-electron chi connectivity index (χ3n) is 4.48. The molecular formula is C18H18ClN3. The molecule has 0 spiro atoms. The van der Waals surface area contributed by atoms with Crippen molar-refractivity contribution in [3.05, 3.63) is 64.6 Å². The average Bonchev–Trinajstić information content (AvgIpc) is 2.91. The Morgan fingerprint density at radius 1 is 1.18 bits per heavy atom. The van der Waals surface area contributed by atoms with Crippen LogP contribution in [0, 0.1) is 0 Å². The quantitative estimate of drug-likeness (QED) is 0.797. The third kappa shape index (κ3) is 2.62. The van der Waals surface area contributed by atoms with Crippen LogP contribution in [0.3, 0.4) is 0 Å². The molecule has 22 heavy (non-hydrogen) atoms. The molecule has 0 bridgehead atoms. The van der Waals surface area contributed by atoms with Crippen molar-refractivity contribution in [1.29, 1.82) is 0 Å². The zero-order chi connectivity index (χ0) is 14.9. The van der Waals surface area contributed by atoms with Gasteiger partial charge in [-0.3, -0.25) is 9.88 Å². The molecule has 0 radical (unpaired) electrons. The minimum Gasteiger partial charge on any atom is -0.358 e. The molecule has 1 aliphatic heterocycles. The van der Waals surface area contributed by atoms with Crippen LogP contribution in [0.5, 0.6) is 0 Å². The SMILES string of the molecule is Clc1ccc2[nH]c3c(c2c1)CN(CCc1ccncc1)CC3. The number of pyridine rings is 1. The van der Waals surface area contributed by atoms with E-state index in [2.05, 4.69) is 39.1 Å². The van der Waals surface area contributed by atoms with Gasteiger partial charge in [-0.2, -0.15) is 0 Å². The molecule has 4 heteroatoms. The van der Waals surface area contributed by atoms with E-state index in [1.54, 1.807) is 0 Å². The molecular weight excluding hydrogens is 294 g/mol. The Balaban J connectivity index is 1.53. The predicted molar refractivity (Wildman–Crippen MR) is 90.2 cm³/mol. The van der Waals surface area contributed by atoms with Gasteiger partial charge in [0.1, 0.15) is 0 Å². The smallest absolute Gasteiger partial charge is 0.0460 e. The molecule has 0 atom stereocenters. The summed E-state index contributed by atoms with van der Waals surface area (Å²) < 4.78 is 0. The summed E-state index contributed by atoms with van der Waals surface area (Å²) in [6.45, 7) is 3.19. The maximum atomic E-state index is 6.16. The number of rotatable bonds is 3. The van der Waals surface area contributed by atoms with E-state index in [1.807, 2.05) is 18.5 Å². The van der Waals surface area contributed by atoms with Crippen LogP contribution in [-0.2, 0) is 19.4 Å². The monoisotopic (exact) mass is 311 g/mol. The molecule has 0 aliphatic carbocycles. The summed E-state index contributed by atoms with van der Waals surface area (Å²) in [6, 6.07) is 10.3. The van der Waals surface area contributed by atoms with Crippen molar-refractivity contribution in [2.75, 3.05) is 13.1 Å². The van der Waals surface area contributed by atoms with E-state index in [1.165, 1.54) is 27.7 Å². The molecule has 0 saturated heterocycles. The van der Waals surface area contributed by atoms with Gasteiger partial charge in [0.15, 0.2) is 0 Å². The van der Waals surface area contributed by atoms with Gasteiger partial charge < -0.3 is 4.98 Å². The molecule has 3 nitrogen and oxygen atoms in total. The summed E-state index contributed by atoms with van der Waals surface area (Å²) in [5, 5.41) is 2.08. The highest BCUT2D eigenvalue weighted by atomic mass is 35.5. The van der Waals surface area contributed by atoms with Crippen molar-refractivity contribution in [2.24, 2.45) is 0 Å². The lowest BCUT2D eigenvalue weighted by molar-refractivity contribution is 0.257. The Hall–Kier alpha value is -1.84. The molecule has 3 heterocycles. The van der Waals surface area contributed by atoms with Crippen molar-refractivity contribution in [2.45, 2.75) is 19.4 Å². The van der Waals surface area contributed by atoms with Crippen LogP contribution in [0.4, 0.5) is 0 Å². The fourth-order valence-electron chi connectivity index (χ4n) is 3.27. The Morgan fingerprint density at radius 2 is 2.05 bits per heavy atom. The predicted octanol–water partition coefficient (Wildman–Crippen LogP) is 3.82. The van der Waals surface area contributed by atoms with Gasteiger partial charge in [0.2, 0.25) is 0 Å². The molecule has 0 saturated carbocycles. The first-order chi connectivity index (χ1) is 10.8. The Labute approximate surface area is 134 Å². The fraction of sp³-hybridized carbons (Fsp3) is 0.278. The zero-order valence-electron chi connectivity index (χ0n) is 12.3. The van der Waals surface area contributed by atoms with Gasteiger partial charge >= 0.3 is 0 Å². The third-order valence-corrected chi connectivity index (χ3v) is 4.72. The van der Waals surface area contributed by atoms with E-state index >= 15 is 0 Å². The molecule has 1 aliphatic rings. The highest BCUT2D eigenvalue weighted by molar-refractivity contribution is 6.31. The number of hydrogen-bond acceptors (Lipinski definition) is 2. The normalized spacial score (nSPS) is 15.1. The van der Waals surface area contributed by atoms with E-state index in [4.69, 9.17) is 11.6 Å². The highest BCUT2D eigenvalue weighted by Gasteiger charge is 2.20. The van der Waals surface area contributed by atoms with Crippen molar-refractivity contribution in [3.8, 4) is 0 Å². The number of halogens is 1. The first-order valence-electron chi connectivity index (χ1n) is 7.70. The maximum absolute atomic E-state index is 6.16. The molecule has 2 aromatic heterocycles. The number of H-pyrrole nitrogens is 1. The van der Waals surface area contributed by atoms with E-state index in [0.717, 1.165) is 37.5 Å². The Bertz CT molecular complexity index is 795. The minimum atomic E-state index is 0.809. The summed E-state index contributed by atoms with van der Waals surface area (Å²) in [5.41, 5.74) is 5.34. The van der Waals surface area contributed by atoms with Gasteiger partial charge in [0.25, 0.3) is 0 Å². The van der Waals surface area contributed by atoms with Gasteiger partial charge in [0, 0.05) is 60.1 Å². The van der Waals surface area contributed by atoms with E-state index < -0.39 is 0 Å². The second-order valence-corrected chi connectivity index (χ2v) is 6.34. The summed E-state index contributed by atoms with van der Waals surface area (Å²) in [4.78, 5) is 10.1. The fourth-order valence-corrected chi connectivity index (χ4v) is 3.44. The molecule has 0 fully saturated rings. The molecule has 0 unspecified atom stereocenters. The van der Waals surface area contributed by atoms with Crippen LogP contribution in [0.1, 0.15) is 16.8 Å². The number of benzene rings is 1. The van der Waals surface area contributed by atoms with Gasteiger partial charge in [-0.15, -0.1) is 0 Å². The van der Waals surface area contributed by atoms with E-state index in [-0.39, 0.29) is 0 Å². The summed E-state index contributed by atoms with van der Waals surface area (Å²) >= 11 is 6.16. The lowest BCUT2D eigenvalue weighted by atomic mass is 10.0. The number of fused-ring (bicyclic) bond motifs is 3. The van der Waals surface area contributed by atoms with Crippen molar-refractivity contribution < 1.29 is 0 Å². The van der Waals surface area contributed by atoms with Crippen LogP contribution in [0.15, 0.2) is 42.7 Å². The second kappa shape index (κ2) is 5.75. The minimum absolute atomic E-state index is 0.809. The second-order valence-electron chi connectivity index (χ2n) is 5.90. The summed E-state index contributed by atoms with van der Waals surface area (Å²) in [5.74, 6) is 0. The number of hydrogen-bond donors (Lipinski definition) is 1. The molecule has 0 amide bonds. The van der Waals surface area contributed by atoms with Crippen LogP contribution < -0.4 is 0 Å². The number of aromatic amines is 1. The van der Waals surface area contributed by atoms with Gasteiger partial charge in [-0.1, -0.05) is 11.6 Å². The van der Waals surface area contributed by atoms with Crippen LogP contribution >= 0.6 is 11.6 Å². The average molecular weight is 312 g/mol. The standard InChI is InChI=1S/C18H18ClN3/c19-14-1-2-17-15(11-14)16-12-22(10-6-18(16)21-17)9-5-13-3-7-20-8-4-13/h1-4,7-8,11,21H,5-6,9-10,12H2. The first-order valence-corrected chi connectivity index (χ1v) is 8.07. The van der Waals surface area contributed by atoms with Gasteiger partial charge in [0.05, 0.1) is 0 Å². The highest BCUT2D eigenvalue weighted by Crippen LogP contribution is 2.29. The molecule has 1 N–H and O–H groups in total. The van der Waals surface area contributed by atoms with Crippen LogP contribution in [0.2, 0.25) is 5.02 Å². The Morgan fingerprint density at radius 3 is 2.91 bits per heavy atom. The van der Waals surface area contributed by atoms with E-state index in [9.17, 15) is 0 Å². The largest absolute Gasteiger partial charge is 0.358 e. The van der Waals surface area contributed by atoms with Crippen LogP contribution in [0.25, 0.3) is 10.9 Å². The first kappa shape index (κ1) is 13.8. The maximum Gasteiger partial charge on any atom is 0.0460 e. The summed E-state index contributed by atoms with van der Waals surface area (Å²) in [6.07, 6.45) is 5.88. The lowest BCUT2D eigenvalue weighted by Gasteiger charge is -2.27. The van der Waals surface area contributed by atoms with Crippen molar-refractivity contribution in [3.63, 3.8) is 0 Å². The number of nitrogens with zero attached hydrogens (tertiary/aromatic N) is 2. The van der Waals surface area contributed by atoms with Gasteiger partial charge in [-0.05, 0) is 47.9 Å². The topological polar surface area (TPSA) is 31.9 Å². The lowest BCUT2D eigenvalue weighted by Crippen LogP contribution is -2.32. The molecule has 1 aromatic carbocycles. The van der Waals surface area contributed by atoms with E-state index in [0.29, 0.717) is 0 Å². The van der Waals surface area contributed by atoms with Crippen LogP contribution in [-0.4, -0.2) is 28.0 Å². The molecule has 112 valence electrons. The van der Waals surface area contributed by atoms with Crippen molar-refractivity contribution >= 4 is 22.5 Å². The molecule has 4 rings (SSSR count). The zero-order valence-corrected chi connectivity index (χ0v) is 13.1. The van der Waals surface area contributed by atoms with Crippen molar-refractivity contribution in [1.82, 2.24) is 14.9 Å². The summed E-state index contributed by atoms with van der Waals surface area (Å²) in [7, 11) is 0. The number of nitrogens with one attached hydrogen (secondary N) is 1. The Kier molecular flexibility index (Phi) is 3.60. The molecule has 3 aromatic rings. The number of aromatic nitrogens is 2. The van der Waals surface area contributed by atoms with Gasteiger partial charge in [-0.25, -0.2) is 0 Å².